The van der Waals surface area contributed by atoms with Crippen molar-refractivity contribution >= 4 is 22.4 Å². The molecule has 1 aliphatic carbocycles. The second kappa shape index (κ2) is 6.50. The van der Waals surface area contributed by atoms with E-state index in [1.165, 1.54) is 68.9 Å². The van der Waals surface area contributed by atoms with E-state index in [9.17, 15) is 0 Å². The van der Waals surface area contributed by atoms with Gasteiger partial charge < -0.3 is 4.90 Å². The molecular weight excluding hydrogens is 402 g/mol. The van der Waals surface area contributed by atoms with Crippen LogP contribution < -0.4 is 9.47 Å². The van der Waals surface area contributed by atoms with Crippen molar-refractivity contribution < 1.29 is 4.57 Å². The zero-order chi connectivity index (χ0) is 23.3. The van der Waals surface area contributed by atoms with Gasteiger partial charge in [0.15, 0.2) is 0 Å². The Kier molecular flexibility index (Phi) is 4.04. The van der Waals surface area contributed by atoms with Crippen molar-refractivity contribution in [3.8, 4) is 11.4 Å². The molecule has 0 radical (unpaired) electrons. The summed E-state index contributed by atoms with van der Waals surface area (Å²) in [6.45, 7) is 13.9. The lowest BCUT2D eigenvalue weighted by molar-refractivity contribution is -0.572. The summed E-state index contributed by atoms with van der Waals surface area (Å²) in [5, 5.41) is 0. The number of nitrogens with zero attached hydrogens (tertiary/aromatic N) is 3. The first-order valence-corrected chi connectivity index (χ1v) is 12.1. The number of hydrogen-bond acceptors (Lipinski definition) is 1. The van der Waals surface area contributed by atoms with Gasteiger partial charge in [0.2, 0.25) is 0 Å². The standard InChI is InChI=1S/C30H33N3/c1-19-13-20(2)15-21(14-19)32-18-33-27-17-23-22(29(3,4)11-12-30(23,5)6)16-26(27)31(7)24-9-8-10-25(32)28(24)33/h8-10,13-17H,11-12H2,1-7H3. The molecule has 3 heteroatoms. The third-order valence-electron chi connectivity index (χ3n) is 8.03. The normalized spacial score (nSPS) is 17.7. The van der Waals surface area contributed by atoms with Crippen molar-refractivity contribution in [2.24, 2.45) is 0 Å². The summed E-state index contributed by atoms with van der Waals surface area (Å²) in [6, 6.07) is 18.3. The van der Waals surface area contributed by atoms with Crippen LogP contribution in [0.1, 0.15) is 62.8 Å². The van der Waals surface area contributed by atoms with Gasteiger partial charge in [0.25, 0.3) is 6.33 Å². The first-order valence-electron chi connectivity index (χ1n) is 12.1. The zero-order valence-corrected chi connectivity index (χ0v) is 20.9. The minimum absolute atomic E-state index is 0.172. The minimum Gasteiger partial charge on any atom is -0.351 e. The Labute approximate surface area is 197 Å². The fourth-order valence-corrected chi connectivity index (χ4v) is 6.02. The van der Waals surface area contributed by atoms with Crippen LogP contribution in [-0.4, -0.2) is 11.6 Å². The summed E-state index contributed by atoms with van der Waals surface area (Å²) >= 11 is 0. The Morgan fingerprint density at radius 2 is 1.45 bits per heavy atom. The second-order valence-electron chi connectivity index (χ2n) is 11.5. The summed E-state index contributed by atoms with van der Waals surface area (Å²) in [4.78, 5) is 2.37. The Morgan fingerprint density at radius 3 is 2.12 bits per heavy atom. The molecule has 0 atom stereocenters. The van der Waals surface area contributed by atoms with E-state index < -0.39 is 0 Å². The first-order chi connectivity index (χ1) is 15.6. The number of anilines is 2. The summed E-state index contributed by atoms with van der Waals surface area (Å²) in [7, 11) is 2.21. The van der Waals surface area contributed by atoms with Gasteiger partial charge in [-0.3, -0.25) is 9.13 Å². The Hall–Kier alpha value is -3.07. The number of benzene rings is 3. The van der Waals surface area contributed by atoms with Crippen molar-refractivity contribution in [2.45, 2.75) is 65.2 Å². The van der Waals surface area contributed by atoms with Gasteiger partial charge in [-0.05, 0) is 79.0 Å². The summed E-state index contributed by atoms with van der Waals surface area (Å²) in [5.41, 5.74) is 13.2. The quantitative estimate of drug-likeness (QED) is 0.238. The van der Waals surface area contributed by atoms with E-state index in [1.807, 2.05) is 0 Å². The third kappa shape index (κ3) is 2.84. The molecule has 0 fully saturated rings. The Balaban J connectivity index is 1.68. The molecule has 3 aromatic carbocycles. The fraction of sp³-hybridized carbons (Fsp3) is 0.367. The minimum atomic E-state index is 0.172. The van der Waals surface area contributed by atoms with E-state index in [1.54, 1.807) is 0 Å². The van der Waals surface area contributed by atoms with E-state index in [0.717, 1.165) is 0 Å². The predicted octanol–water partition coefficient (Wildman–Crippen LogP) is 6.75. The van der Waals surface area contributed by atoms with Crippen molar-refractivity contribution in [3.63, 3.8) is 0 Å². The van der Waals surface area contributed by atoms with Gasteiger partial charge >= 0.3 is 0 Å². The van der Waals surface area contributed by atoms with E-state index in [2.05, 4.69) is 117 Å². The molecule has 0 unspecified atom stereocenters. The van der Waals surface area contributed by atoms with Gasteiger partial charge in [-0.25, -0.2) is 0 Å². The topological polar surface area (TPSA) is 12.0 Å². The SMILES string of the molecule is Cc1cc(C)cc(-n2[c-][n+]3c4c(cccc42)N(C)c2cc4c(cc2-3)C(C)(C)CCC4(C)C)c1. The molecule has 0 amide bonds. The molecule has 6 rings (SSSR count). The highest BCUT2D eigenvalue weighted by Gasteiger charge is 2.39. The number of imidazole rings is 1. The molecule has 3 nitrogen and oxygen atoms in total. The van der Waals surface area contributed by atoms with E-state index in [4.69, 9.17) is 0 Å². The van der Waals surface area contributed by atoms with Crippen LogP contribution in [0, 0.1) is 20.2 Å². The lowest BCUT2D eigenvalue weighted by atomic mass is 9.63. The van der Waals surface area contributed by atoms with Crippen LogP contribution in [0.4, 0.5) is 11.4 Å². The molecule has 0 spiro atoms. The van der Waals surface area contributed by atoms with Gasteiger partial charge in [-0.2, -0.15) is 0 Å². The maximum absolute atomic E-state index is 3.74. The monoisotopic (exact) mass is 435 g/mol. The molecule has 1 aliphatic heterocycles. The Bertz CT molecular complexity index is 1430. The number of aromatic nitrogens is 2. The number of aryl methyl sites for hydroxylation is 2. The van der Waals surface area contributed by atoms with Gasteiger partial charge in [-0.1, -0.05) is 57.0 Å². The second-order valence-corrected chi connectivity index (χ2v) is 11.5. The highest BCUT2D eigenvalue weighted by Crippen LogP contribution is 2.49. The van der Waals surface area contributed by atoms with Gasteiger partial charge in [0.05, 0.1) is 22.6 Å². The van der Waals surface area contributed by atoms with Crippen LogP contribution in [-0.2, 0) is 10.8 Å². The summed E-state index contributed by atoms with van der Waals surface area (Å²) in [5.74, 6) is 0. The van der Waals surface area contributed by atoms with Crippen molar-refractivity contribution in [1.29, 1.82) is 0 Å². The lowest BCUT2D eigenvalue weighted by Gasteiger charge is -2.43. The molecule has 0 N–H and O–H groups in total. The van der Waals surface area contributed by atoms with E-state index >= 15 is 0 Å². The van der Waals surface area contributed by atoms with Crippen molar-refractivity contribution in [1.82, 2.24) is 4.57 Å². The maximum Gasteiger partial charge on any atom is 0.269 e. The lowest BCUT2D eigenvalue weighted by Crippen LogP contribution is -2.40. The maximum atomic E-state index is 3.74. The molecule has 2 aliphatic rings. The molecule has 0 saturated carbocycles. The summed E-state index contributed by atoms with van der Waals surface area (Å²) < 4.78 is 4.53. The van der Waals surface area contributed by atoms with Gasteiger partial charge in [0, 0.05) is 12.7 Å². The van der Waals surface area contributed by atoms with Crippen LogP contribution >= 0.6 is 0 Å². The number of hydrogen-bond donors (Lipinski definition) is 0. The molecule has 1 aromatic heterocycles. The number of fused-ring (bicyclic) bond motifs is 3. The molecule has 2 heterocycles. The molecular formula is C30H33N3. The number of para-hydroxylation sites is 1. The molecule has 0 saturated heterocycles. The van der Waals surface area contributed by atoms with Crippen LogP contribution in [0.2, 0.25) is 0 Å². The molecule has 168 valence electrons. The van der Waals surface area contributed by atoms with Crippen LogP contribution in [0.5, 0.6) is 0 Å². The average Bonchev–Trinajstić information content (AvgIpc) is 3.15. The third-order valence-corrected chi connectivity index (χ3v) is 8.03. The largest absolute Gasteiger partial charge is 0.351 e. The predicted molar refractivity (Wildman–Crippen MR) is 136 cm³/mol. The van der Waals surface area contributed by atoms with Crippen molar-refractivity contribution in [3.05, 3.63) is 77.1 Å². The fourth-order valence-electron chi connectivity index (χ4n) is 6.02. The van der Waals surface area contributed by atoms with Gasteiger partial charge in [-0.15, -0.1) is 0 Å². The average molecular weight is 436 g/mol. The first kappa shape index (κ1) is 20.5. The Morgan fingerprint density at radius 1 is 0.818 bits per heavy atom. The highest BCUT2D eigenvalue weighted by molar-refractivity contribution is 5.93. The summed E-state index contributed by atoms with van der Waals surface area (Å²) in [6.07, 6.45) is 6.18. The molecule has 4 aromatic rings. The van der Waals surface area contributed by atoms with Crippen LogP contribution in [0.25, 0.3) is 22.4 Å². The molecule has 0 bridgehead atoms. The number of rotatable bonds is 1. The highest BCUT2D eigenvalue weighted by atomic mass is 15.2. The zero-order valence-electron chi connectivity index (χ0n) is 20.9. The van der Waals surface area contributed by atoms with Crippen LogP contribution in [0.3, 0.4) is 0 Å². The van der Waals surface area contributed by atoms with E-state index in [-0.39, 0.29) is 10.8 Å². The molecule has 33 heavy (non-hydrogen) atoms. The van der Waals surface area contributed by atoms with Crippen molar-refractivity contribution in [2.75, 3.05) is 11.9 Å². The van der Waals surface area contributed by atoms with E-state index in [0.29, 0.717) is 0 Å². The van der Waals surface area contributed by atoms with Crippen LogP contribution in [0.15, 0.2) is 48.5 Å². The smallest absolute Gasteiger partial charge is 0.269 e. The van der Waals surface area contributed by atoms with Gasteiger partial charge in [0.1, 0.15) is 5.52 Å².